The Morgan fingerprint density at radius 1 is 0.629 bits per heavy atom. The van der Waals surface area contributed by atoms with Gasteiger partial charge >= 0.3 is 0 Å². The molecule has 9 aromatic carbocycles. The molecule has 9 aromatic rings. The Morgan fingerprint density at radius 2 is 1.30 bits per heavy atom. The Hall–Kier alpha value is -8.34. The summed E-state index contributed by atoms with van der Waals surface area (Å²) < 4.78 is 35.6. The maximum absolute atomic E-state index is 17.9. The number of nitrogens with one attached hydrogen (secondary N) is 1. The van der Waals surface area contributed by atoms with Crippen molar-refractivity contribution in [1.29, 1.82) is 0 Å². The second-order valence-corrected chi connectivity index (χ2v) is 18.0. The summed E-state index contributed by atoms with van der Waals surface area (Å²) in [7, 11) is 0. The highest BCUT2D eigenvalue weighted by atomic mass is 19.1. The molecule has 1 N–H and O–H groups in total. The first-order chi connectivity index (χ1) is 34.3. The zero-order chi connectivity index (χ0) is 48.0. The highest BCUT2D eigenvalue weighted by Gasteiger charge is 2.25. The molecule has 4 heteroatoms. The van der Waals surface area contributed by atoms with Gasteiger partial charge in [-0.05, 0) is 148 Å². The van der Waals surface area contributed by atoms with E-state index in [0.29, 0.717) is 17.8 Å². The molecule has 1 aliphatic rings. The molecule has 0 amide bonds. The van der Waals surface area contributed by atoms with Gasteiger partial charge in [-0.2, -0.15) is 0 Å². The molecule has 0 fully saturated rings. The molecule has 0 radical (unpaired) electrons. The van der Waals surface area contributed by atoms with Crippen molar-refractivity contribution < 1.29 is 8.78 Å². The Labute approximate surface area is 410 Å². The summed E-state index contributed by atoms with van der Waals surface area (Å²) in [5.74, 6) is -0.709. The van der Waals surface area contributed by atoms with E-state index in [1.165, 1.54) is 11.3 Å². The number of nitrogens with zero attached hydrogens (tertiary/aromatic N) is 1. The maximum Gasteiger partial charge on any atom is 0.147 e. The Balaban J connectivity index is 1.26. The second-order valence-electron chi connectivity index (χ2n) is 18.0. The predicted molar refractivity (Wildman–Crippen MR) is 294 cm³/mol. The van der Waals surface area contributed by atoms with E-state index in [1.54, 1.807) is 12.1 Å². The van der Waals surface area contributed by atoms with Gasteiger partial charge in [-0.15, -0.1) is 0 Å². The van der Waals surface area contributed by atoms with E-state index in [-0.39, 0.29) is 5.82 Å². The number of rotatable bonds is 13. The Kier molecular flexibility index (Phi) is 13.3. The number of aryl methyl sites for hydroxylation is 1. The molecule has 1 aliphatic carbocycles. The van der Waals surface area contributed by atoms with Gasteiger partial charge in [0.2, 0.25) is 0 Å². The number of halogens is 2. The van der Waals surface area contributed by atoms with E-state index in [0.717, 1.165) is 101 Å². The van der Waals surface area contributed by atoms with Crippen LogP contribution in [0.4, 0.5) is 20.2 Å². The smallest absolute Gasteiger partial charge is 0.147 e. The summed E-state index contributed by atoms with van der Waals surface area (Å²) in [4.78, 5) is 2.04. The summed E-state index contributed by atoms with van der Waals surface area (Å²) in [6.07, 6.45) is 14.1. The van der Waals surface area contributed by atoms with Crippen molar-refractivity contribution in [2.75, 3.05) is 11.4 Å². The van der Waals surface area contributed by atoms with Crippen LogP contribution in [0.2, 0.25) is 0 Å². The van der Waals surface area contributed by atoms with Gasteiger partial charge < -0.3 is 10.2 Å². The van der Waals surface area contributed by atoms with Gasteiger partial charge in [0.1, 0.15) is 11.6 Å². The van der Waals surface area contributed by atoms with Crippen LogP contribution in [0.25, 0.3) is 72.7 Å². The average molecular weight is 913 g/mol. The molecule has 70 heavy (non-hydrogen) atoms. The molecular formula is C66H54F2N2. The first-order valence-electron chi connectivity index (χ1n) is 24.1. The predicted octanol–water partition coefficient (Wildman–Crippen LogP) is 17.3. The van der Waals surface area contributed by atoms with Crippen molar-refractivity contribution in [1.82, 2.24) is 5.32 Å². The van der Waals surface area contributed by atoms with Crippen molar-refractivity contribution in [3.63, 3.8) is 0 Å². The summed E-state index contributed by atoms with van der Waals surface area (Å²) in [5.41, 5.74) is 12.9. The van der Waals surface area contributed by atoms with Crippen LogP contribution in [-0.4, -0.2) is 6.54 Å². The quantitative estimate of drug-likeness (QED) is 0.116. The number of hydrogen-bond acceptors (Lipinski definition) is 2. The van der Waals surface area contributed by atoms with E-state index in [4.69, 9.17) is 0 Å². The molecule has 0 atom stereocenters. The van der Waals surface area contributed by atoms with Crippen molar-refractivity contribution in [2.45, 2.75) is 33.6 Å². The van der Waals surface area contributed by atoms with Crippen LogP contribution < -0.4 is 15.4 Å². The minimum absolute atomic E-state index is 0.310. The molecule has 10 rings (SSSR count). The molecule has 0 heterocycles. The number of allylic oxidation sites excluding steroid dienone is 8. The fraction of sp³-hybridized carbons (Fsp3) is 0.0909. The van der Waals surface area contributed by atoms with Crippen LogP contribution in [0.15, 0.2) is 241 Å². The van der Waals surface area contributed by atoms with E-state index in [1.807, 2.05) is 133 Å². The van der Waals surface area contributed by atoms with Crippen LogP contribution in [0.5, 0.6) is 0 Å². The number of benzene rings is 9. The molecule has 342 valence electrons. The Morgan fingerprint density at radius 3 is 1.99 bits per heavy atom. The highest BCUT2D eigenvalue weighted by Crippen LogP contribution is 2.46. The summed E-state index contributed by atoms with van der Waals surface area (Å²) in [6.45, 7) is 6.74. The van der Waals surface area contributed by atoms with Gasteiger partial charge in [0, 0.05) is 28.9 Å². The van der Waals surface area contributed by atoms with Gasteiger partial charge in [0.15, 0.2) is 0 Å². The van der Waals surface area contributed by atoms with Crippen LogP contribution >= 0.6 is 0 Å². The lowest BCUT2D eigenvalue weighted by Gasteiger charge is -2.30. The summed E-state index contributed by atoms with van der Waals surface area (Å²) in [6, 6.07) is 64.6. The standard InChI is InChI=1S/C66H54F2N2/c1-4-48(49-19-11-6-12-20-49)43-60(67)63(41-47-17-9-5-10-18-47)70(56-34-27-46(3)28-35-56)62-38-31-52-30-37-58(65-53(29-36-57(62)64(52)65)39-40-69-55-32-25-45(2)26-33-55)66-59(51-23-15-8-16-24-51)42-54(44-61(66)68)50-21-13-7-14-22-50/h4-25,27-32,34-39,41-44,69H,26,33,40H2,1-3H3/b48-4+,53-39-,60-43+,63-41?. The molecule has 0 saturated carbocycles. The largest absolute Gasteiger partial charge is 0.385 e. The van der Waals surface area contributed by atoms with Gasteiger partial charge in [-0.3, -0.25) is 0 Å². The molecule has 0 bridgehead atoms. The zero-order valence-corrected chi connectivity index (χ0v) is 39.8. The third-order valence-corrected chi connectivity index (χ3v) is 13.3. The fourth-order valence-electron chi connectivity index (χ4n) is 9.66. The monoisotopic (exact) mass is 912 g/mol. The van der Waals surface area contributed by atoms with Crippen molar-refractivity contribution >= 4 is 50.6 Å². The first-order valence-corrected chi connectivity index (χ1v) is 24.1. The van der Waals surface area contributed by atoms with Gasteiger partial charge in [-0.1, -0.05) is 193 Å². The van der Waals surface area contributed by atoms with Gasteiger partial charge in [0.05, 0.1) is 11.4 Å². The minimum Gasteiger partial charge on any atom is -0.385 e. The summed E-state index contributed by atoms with van der Waals surface area (Å²) in [5, 5.41) is 8.43. The van der Waals surface area contributed by atoms with Crippen LogP contribution in [-0.2, 0) is 0 Å². The van der Waals surface area contributed by atoms with Crippen LogP contribution in [0.1, 0.15) is 43.4 Å². The molecule has 0 spiro atoms. The minimum atomic E-state index is -0.399. The van der Waals surface area contributed by atoms with Crippen molar-refractivity contribution in [2.24, 2.45) is 0 Å². The first kappa shape index (κ1) is 45.4. The number of anilines is 2. The van der Waals surface area contributed by atoms with Gasteiger partial charge in [-0.25, -0.2) is 8.78 Å². The van der Waals surface area contributed by atoms with E-state index in [2.05, 4.69) is 116 Å². The van der Waals surface area contributed by atoms with E-state index in [9.17, 15) is 0 Å². The SMILES string of the molecule is C/C=C(\C=C(\F)C(=Cc1ccccc1)N(c1ccc(C)cc1)c1ccc2ccc(-c3c(F)cc(-c4ccccc4)cc3-c3ccccc3)c3/c(=C\CNC4=CC=C(C)CC4)ccc1c23)c1ccccc1. The third-order valence-electron chi connectivity index (χ3n) is 13.3. The normalized spacial score (nSPS) is 13.7. The summed E-state index contributed by atoms with van der Waals surface area (Å²) >= 11 is 0. The molecule has 0 unspecified atom stereocenters. The topological polar surface area (TPSA) is 15.3 Å². The maximum atomic E-state index is 17.9. The lowest BCUT2D eigenvalue weighted by Crippen LogP contribution is -2.19. The molecule has 2 nitrogen and oxygen atoms in total. The van der Waals surface area contributed by atoms with Crippen LogP contribution in [0.3, 0.4) is 0 Å². The lowest BCUT2D eigenvalue weighted by molar-refractivity contribution is 0.632. The molecule has 0 aromatic heterocycles. The highest BCUT2D eigenvalue weighted by molar-refractivity contribution is 6.20. The van der Waals surface area contributed by atoms with Crippen LogP contribution in [0, 0.1) is 12.7 Å². The Bertz CT molecular complexity index is 3550. The lowest BCUT2D eigenvalue weighted by atomic mass is 9.86. The van der Waals surface area contributed by atoms with E-state index < -0.39 is 5.83 Å². The van der Waals surface area contributed by atoms with Crippen molar-refractivity contribution in [3.8, 4) is 33.4 Å². The van der Waals surface area contributed by atoms with E-state index >= 15 is 8.78 Å². The second kappa shape index (κ2) is 20.5. The zero-order valence-electron chi connectivity index (χ0n) is 39.8. The van der Waals surface area contributed by atoms with Gasteiger partial charge in [0.25, 0.3) is 0 Å². The fourth-order valence-corrected chi connectivity index (χ4v) is 9.66. The van der Waals surface area contributed by atoms with Crippen molar-refractivity contribution in [3.05, 3.63) is 269 Å². The number of hydrogen-bond donors (Lipinski definition) is 1. The molecule has 0 saturated heterocycles. The molecule has 0 aliphatic heterocycles. The third kappa shape index (κ3) is 9.54. The average Bonchev–Trinajstić information content (AvgIpc) is 3.40. The molecular weight excluding hydrogens is 859 g/mol.